The van der Waals surface area contributed by atoms with E-state index in [0.717, 1.165) is 27.5 Å². The molecule has 0 radical (unpaired) electrons. The highest BCUT2D eigenvalue weighted by Crippen LogP contribution is 2.29. The molecule has 0 aliphatic heterocycles. The summed E-state index contributed by atoms with van der Waals surface area (Å²) in [4.78, 5) is 1.95. The number of hydrogen-bond acceptors (Lipinski definition) is 3. The molecule has 0 amide bonds. The van der Waals surface area contributed by atoms with Crippen molar-refractivity contribution in [3.63, 3.8) is 0 Å². The molecule has 0 fully saturated rings. The Morgan fingerprint density at radius 3 is 2.29 bits per heavy atom. The smallest absolute Gasteiger partial charge is 0.207 e. The first kappa shape index (κ1) is 17.1. The lowest BCUT2D eigenvalue weighted by molar-refractivity contribution is 0.581. The zero-order chi connectivity index (χ0) is 17.2. The van der Waals surface area contributed by atoms with Gasteiger partial charge in [-0.25, -0.2) is 17.5 Å². The fourth-order valence-electron chi connectivity index (χ4n) is 2.11. The van der Waals surface area contributed by atoms with Gasteiger partial charge in [0.25, 0.3) is 0 Å². The summed E-state index contributed by atoms with van der Waals surface area (Å²) in [6.45, 7) is 0.179. The molecular weight excluding hydrogens is 369 g/mol. The fourth-order valence-corrected chi connectivity index (χ4v) is 4.28. The van der Waals surface area contributed by atoms with Gasteiger partial charge in [-0.3, -0.25) is 0 Å². The van der Waals surface area contributed by atoms with E-state index >= 15 is 0 Å². The Labute approximate surface area is 148 Å². The van der Waals surface area contributed by atoms with Crippen molar-refractivity contribution in [3.8, 4) is 10.4 Å². The fraction of sp³-hybridized carbons (Fsp3) is 0.0588. The Bertz CT molecular complexity index is 935. The van der Waals surface area contributed by atoms with Crippen LogP contribution in [0.25, 0.3) is 10.4 Å². The molecule has 24 heavy (non-hydrogen) atoms. The maximum atomic E-state index is 12.9. The van der Waals surface area contributed by atoms with E-state index in [1.807, 2.05) is 36.4 Å². The Kier molecular flexibility index (Phi) is 5.01. The van der Waals surface area contributed by atoms with Crippen LogP contribution in [0.5, 0.6) is 0 Å². The van der Waals surface area contributed by atoms with E-state index in [2.05, 4.69) is 4.72 Å². The third-order valence-electron chi connectivity index (χ3n) is 3.35. The second kappa shape index (κ2) is 7.03. The van der Waals surface area contributed by atoms with E-state index < -0.39 is 15.8 Å². The van der Waals surface area contributed by atoms with Crippen LogP contribution < -0.4 is 4.72 Å². The number of thiophene rings is 1. The van der Waals surface area contributed by atoms with Crippen LogP contribution in [0.4, 0.5) is 4.39 Å². The van der Waals surface area contributed by atoms with Crippen molar-refractivity contribution >= 4 is 33.0 Å². The second-order valence-corrected chi connectivity index (χ2v) is 8.42. The molecule has 0 bridgehead atoms. The Hall–Kier alpha value is -1.73. The molecule has 1 heterocycles. The summed E-state index contributed by atoms with van der Waals surface area (Å²) in [5.41, 5.74) is 1.03. The van der Waals surface area contributed by atoms with Crippen LogP contribution in [0.2, 0.25) is 5.02 Å². The van der Waals surface area contributed by atoms with Crippen LogP contribution in [0.15, 0.2) is 65.6 Å². The van der Waals surface area contributed by atoms with Gasteiger partial charge in [0.05, 0.1) is 4.90 Å². The first-order valence-electron chi connectivity index (χ1n) is 7.04. The van der Waals surface area contributed by atoms with Crippen LogP contribution >= 0.6 is 22.9 Å². The van der Waals surface area contributed by atoms with E-state index in [9.17, 15) is 12.8 Å². The Morgan fingerprint density at radius 2 is 1.62 bits per heavy atom. The molecular formula is C17H13ClFNO2S2. The van der Waals surface area contributed by atoms with Crippen LogP contribution in [0.3, 0.4) is 0 Å². The van der Waals surface area contributed by atoms with Crippen LogP contribution in [0.1, 0.15) is 4.88 Å². The molecule has 0 atom stereocenters. The van der Waals surface area contributed by atoms with Crippen molar-refractivity contribution in [2.24, 2.45) is 0 Å². The van der Waals surface area contributed by atoms with Gasteiger partial charge >= 0.3 is 0 Å². The van der Waals surface area contributed by atoms with Gasteiger partial charge in [-0.2, -0.15) is 0 Å². The van der Waals surface area contributed by atoms with E-state index in [-0.39, 0.29) is 11.4 Å². The monoisotopic (exact) mass is 381 g/mol. The van der Waals surface area contributed by atoms with Gasteiger partial charge in [0.2, 0.25) is 10.0 Å². The first-order valence-corrected chi connectivity index (χ1v) is 9.72. The molecule has 0 saturated heterocycles. The van der Waals surface area contributed by atoms with Gasteiger partial charge in [-0.1, -0.05) is 23.7 Å². The lowest BCUT2D eigenvalue weighted by Crippen LogP contribution is -2.22. The summed E-state index contributed by atoms with van der Waals surface area (Å²) < 4.78 is 39.8. The number of rotatable bonds is 5. The minimum absolute atomic E-state index is 0.0402. The van der Waals surface area contributed by atoms with Gasteiger partial charge < -0.3 is 0 Å². The quantitative estimate of drug-likeness (QED) is 0.697. The zero-order valence-corrected chi connectivity index (χ0v) is 14.8. The lowest BCUT2D eigenvalue weighted by atomic mass is 10.2. The van der Waals surface area contributed by atoms with Gasteiger partial charge in [0.15, 0.2) is 0 Å². The van der Waals surface area contributed by atoms with Crippen molar-refractivity contribution in [1.82, 2.24) is 4.72 Å². The summed E-state index contributed by atoms with van der Waals surface area (Å²) in [6, 6.07) is 16.0. The zero-order valence-electron chi connectivity index (χ0n) is 12.4. The highest BCUT2D eigenvalue weighted by atomic mass is 35.5. The molecule has 1 aromatic heterocycles. The number of hydrogen-bond donors (Lipinski definition) is 1. The van der Waals surface area contributed by atoms with E-state index in [1.54, 1.807) is 0 Å². The Balaban J connectivity index is 1.71. The normalized spacial score (nSPS) is 11.6. The van der Waals surface area contributed by atoms with E-state index in [4.69, 9.17) is 11.6 Å². The van der Waals surface area contributed by atoms with Crippen LogP contribution in [-0.4, -0.2) is 8.42 Å². The molecule has 0 spiro atoms. The third-order valence-corrected chi connectivity index (χ3v) is 6.15. The second-order valence-electron chi connectivity index (χ2n) is 5.05. The van der Waals surface area contributed by atoms with Crippen molar-refractivity contribution in [1.29, 1.82) is 0 Å². The lowest BCUT2D eigenvalue weighted by Gasteiger charge is -2.05. The average molecular weight is 382 g/mol. The predicted molar refractivity (Wildman–Crippen MR) is 95.2 cm³/mol. The molecule has 124 valence electrons. The number of halogens is 2. The Morgan fingerprint density at radius 1 is 0.958 bits per heavy atom. The molecule has 0 saturated carbocycles. The van der Waals surface area contributed by atoms with E-state index in [1.165, 1.54) is 23.5 Å². The molecule has 0 aliphatic carbocycles. The minimum atomic E-state index is -3.66. The largest absolute Gasteiger partial charge is 0.240 e. The third kappa shape index (κ3) is 4.02. The standard InChI is InChI=1S/C17H13ClFNO2S2/c18-13-3-1-12(2-4-13)17-10-7-15(23-17)11-20-24(21,22)16-8-5-14(19)6-9-16/h1-10,20H,11H2. The number of sulfonamides is 1. The SMILES string of the molecule is O=S(=O)(NCc1ccc(-c2ccc(Cl)cc2)s1)c1ccc(F)cc1. The molecule has 0 unspecified atom stereocenters. The van der Waals surface area contributed by atoms with Crippen LogP contribution in [0, 0.1) is 5.82 Å². The van der Waals surface area contributed by atoms with Crippen molar-refractivity contribution in [3.05, 3.63) is 76.4 Å². The number of nitrogens with one attached hydrogen (secondary N) is 1. The summed E-state index contributed by atoms with van der Waals surface area (Å²) >= 11 is 7.38. The van der Waals surface area contributed by atoms with Gasteiger partial charge in [0.1, 0.15) is 5.82 Å². The maximum Gasteiger partial charge on any atom is 0.240 e. The van der Waals surface area contributed by atoms with Crippen molar-refractivity contribution in [2.45, 2.75) is 11.4 Å². The summed E-state index contributed by atoms with van der Waals surface area (Å²) in [7, 11) is -3.66. The van der Waals surface area contributed by atoms with Gasteiger partial charge in [0, 0.05) is 21.3 Å². The molecule has 1 N–H and O–H groups in total. The summed E-state index contributed by atoms with van der Waals surface area (Å²) in [5.74, 6) is -0.472. The van der Waals surface area contributed by atoms with Crippen molar-refractivity contribution < 1.29 is 12.8 Å². The molecule has 3 rings (SSSR count). The highest BCUT2D eigenvalue weighted by molar-refractivity contribution is 7.89. The van der Waals surface area contributed by atoms with Gasteiger partial charge in [-0.05, 0) is 54.1 Å². The topological polar surface area (TPSA) is 46.2 Å². The maximum absolute atomic E-state index is 12.9. The predicted octanol–water partition coefficient (Wildman–Crippen LogP) is 4.69. The average Bonchev–Trinajstić information content (AvgIpc) is 3.03. The molecule has 0 aliphatic rings. The molecule has 3 nitrogen and oxygen atoms in total. The molecule has 2 aromatic carbocycles. The summed E-state index contributed by atoms with van der Waals surface area (Å²) in [6.07, 6.45) is 0. The van der Waals surface area contributed by atoms with Crippen LogP contribution in [-0.2, 0) is 16.6 Å². The summed E-state index contributed by atoms with van der Waals surface area (Å²) in [5, 5.41) is 0.669. The van der Waals surface area contributed by atoms with Crippen molar-refractivity contribution in [2.75, 3.05) is 0 Å². The number of benzene rings is 2. The van der Waals surface area contributed by atoms with E-state index in [0.29, 0.717) is 5.02 Å². The first-order chi connectivity index (χ1) is 11.4. The molecule has 3 aromatic rings. The van der Waals surface area contributed by atoms with Gasteiger partial charge in [-0.15, -0.1) is 11.3 Å². The molecule has 7 heteroatoms. The highest BCUT2D eigenvalue weighted by Gasteiger charge is 2.14. The minimum Gasteiger partial charge on any atom is -0.207 e.